The van der Waals surface area contributed by atoms with Crippen molar-refractivity contribution in [3.05, 3.63) is 63.7 Å². The highest BCUT2D eigenvalue weighted by Gasteiger charge is 2.32. The predicted octanol–water partition coefficient (Wildman–Crippen LogP) is 2.74. The van der Waals surface area contributed by atoms with Gasteiger partial charge in [0, 0.05) is 26.2 Å². The average molecular weight is 417 g/mol. The van der Waals surface area contributed by atoms with Crippen LogP contribution in [0.4, 0.5) is 11.4 Å². The maximum absolute atomic E-state index is 12.9. The number of benzene rings is 2. The number of ether oxygens (including phenoxy) is 1. The van der Waals surface area contributed by atoms with Gasteiger partial charge in [0.1, 0.15) is 5.69 Å². The van der Waals surface area contributed by atoms with Crippen LogP contribution in [-0.4, -0.2) is 51.0 Å². The molecule has 0 saturated carbocycles. The van der Waals surface area contributed by atoms with Crippen LogP contribution in [0.2, 0.25) is 0 Å². The summed E-state index contributed by atoms with van der Waals surface area (Å²) in [6, 6.07) is 12.3. The molecule has 0 amide bonds. The van der Waals surface area contributed by atoms with Crippen LogP contribution in [0.5, 0.6) is 0 Å². The summed E-state index contributed by atoms with van der Waals surface area (Å²) in [6.45, 7) is 1.14. The lowest BCUT2D eigenvalue weighted by atomic mass is 10.1. The van der Waals surface area contributed by atoms with Crippen molar-refractivity contribution in [2.45, 2.75) is 23.8 Å². The molecule has 4 rings (SSSR count). The predicted molar refractivity (Wildman–Crippen MR) is 109 cm³/mol. The highest BCUT2D eigenvalue weighted by molar-refractivity contribution is 7.89. The van der Waals surface area contributed by atoms with Gasteiger partial charge in [-0.15, -0.1) is 0 Å². The Balaban J connectivity index is 1.69. The first kappa shape index (κ1) is 19.8. The number of nitro benzene ring substituents is 1. The first-order chi connectivity index (χ1) is 13.9. The van der Waals surface area contributed by atoms with Gasteiger partial charge in [0.15, 0.2) is 0 Å². The minimum Gasteiger partial charge on any atom is -0.379 e. The summed E-state index contributed by atoms with van der Waals surface area (Å²) in [5.41, 5.74) is 2.62. The molecule has 1 aliphatic carbocycles. The number of hydrogen-bond donors (Lipinski definition) is 0. The number of sulfonamides is 1. The Labute approximate surface area is 169 Å². The fourth-order valence-electron chi connectivity index (χ4n) is 4.15. The molecule has 2 aromatic rings. The third-order valence-electron chi connectivity index (χ3n) is 5.70. The monoisotopic (exact) mass is 417 g/mol. The smallest absolute Gasteiger partial charge is 0.293 e. The number of aryl methyl sites for hydroxylation is 1. The molecule has 0 aromatic heterocycles. The van der Waals surface area contributed by atoms with Gasteiger partial charge in [-0.05, 0) is 36.1 Å². The van der Waals surface area contributed by atoms with Gasteiger partial charge in [-0.2, -0.15) is 4.31 Å². The van der Waals surface area contributed by atoms with E-state index in [0.717, 1.165) is 18.4 Å². The van der Waals surface area contributed by atoms with E-state index >= 15 is 0 Å². The molecule has 1 heterocycles. The maximum atomic E-state index is 12.9. The molecular weight excluding hydrogens is 394 g/mol. The first-order valence-corrected chi connectivity index (χ1v) is 11.0. The average Bonchev–Trinajstić information content (AvgIpc) is 3.17. The van der Waals surface area contributed by atoms with Crippen LogP contribution in [0.3, 0.4) is 0 Å². The summed E-state index contributed by atoms with van der Waals surface area (Å²) in [5.74, 6) is 0. The first-order valence-electron chi connectivity index (χ1n) is 9.56. The van der Waals surface area contributed by atoms with E-state index in [4.69, 9.17) is 4.74 Å². The van der Waals surface area contributed by atoms with Crippen molar-refractivity contribution in [1.82, 2.24) is 4.31 Å². The number of nitrogens with zero attached hydrogens (tertiary/aromatic N) is 3. The van der Waals surface area contributed by atoms with E-state index in [1.54, 1.807) is 6.07 Å². The molecule has 1 atom stereocenters. The van der Waals surface area contributed by atoms with Crippen LogP contribution in [0.15, 0.2) is 47.4 Å². The molecule has 0 spiro atoms. The van der Waals surface area contributed by atoms with Crippen molar-refractivity contribution < 1.29 is 18.1 Å². The number of nitro groups is 1. The van der Waals surface area contributed by atoms with Crippen LogP contribution in [0.25, 0.3) is 0 Å². The highest BCUT2D eigenvalue weighted by atomic mass is 32.2. The summed E-state index contributed by atoms with van der Waals surface area (Å²) < 4.78 is 32.3. The largest absolute Gasteiger partial charge is 0.379 e. The second kappa shape index (κ2) is 7.74. The fourth-order valence-corrected chi connectivity index (χ4v) is 5.58. The molecule has 0 unspecified atom stereocenters. The number of rotatable bonds is 5. The molecule has 2 aliphatic rings. The molecule has 0 radical (unpaired) electrons. The number of anilines is 1. The third kappa shape index (κ3) is 3.61. The summed E-state index contributed by atoms with van der Waals surface area (Å²) in [4.78, 5) is 13.1. The molecule has 0 N–H and O–H groups in total. The Bertz CT molecular complexity index is 1030. The van der Waals surface area contributed by atoms with E-state index in [1.807, 2.05) is 30.1 Å². The normalized spacial score (nSPS) is 19.7. The van der Waals surface area contributed by atoms with Gasteiger partial charge in [-0.25, -0.2) is 8.42 Å². The van der Waals surface area contributed by atoms with Gasteiger partial charge in [0.05, 0.1) is 29.1 Å². The van der Waals surface area contributed by atoms with Gasteiger partial charge in [0.2, 0.25) is 10.0 Å². The number of morpholine rings is 1. The quantitative estimate of drug-likeness (QED) is 0.549. The van der Waals surface area contributed by atoms with Gasteiger partial charge in [-0.1, -0.05) is 24.3 Å². The molecule has 1 aliphatic heterocycles. The van der Waals surface area contributed by atoms with Gasteiger partial charge < -0.3 is 9.64 Å². The van der Waals surface area contributed by atoms with Crippen molar-refractivity contribution in [2.75, 3.05) is 38.3 Å². The van der Waals surface area contributed by atoms with E-state index < -0.39 is 14.9 Å². The SMILES string of the molecule is CN(c1ccc(S(=O)(=O)N2CCOCC2)cc1[N+](=O)[O-])[C@@H]1CCc2ccccc21. The molecule has 0 bridgehead atoms. The summed E-state index contributed by atoms with van der Waals surface area (Å²) in [5, 5.41) is 11.8. The van der Waals surface area contributed by atoms with E-state index in [9.17, 15) is 18.5 Å². The zero-order chi connectivity index (χ0) is 20.6. The third-order valence-corrected chi connectivity index (χ3v) is 7.59. The van der Waals surface area contributed by atoms with Crippen molar-refractivity contribution in [3.8, 4) is 0 Å². The topological polar surface area (TPSA) is 93.0 Å². The second-order valence-corrected chi connectivity index (χ2v) is 9.23. The summed E-state index contributed by atoms with van der Waals surface area (Å²) in [7, 11) is -1.97. The van der Waals surface area contributed by atoms with E-state index in [-0.39, 0.29) is 29.7 Å². The van der Waals surface area contributed by atoms with Crippen LogP contribution in [-0.2, 0) is 21.2 Å². The molecule has 2 aromatic carbocycles. The Morgan fingerprint density at radius 1 is 1.17 bits per heavy atom. The Morgan fingerprint density at radius 3 is 2.62 bits per heavy atom. The minimum atomic E-state index is -3.80. The fraction of sp³-hybridized carbons (Fsp3) is 0.400. The van der Waals surface area contributed by atoms with Crippen LogP contribution in [0.1, 0.15) is 23.6 Å². The van der Waals surface area contributed by atoms with Crippen LogP contribution in [0, 0.1) is 10.1 Å². The number of fused-ring (bicyclic) bond motifs is 1. The highest BCUT2D eigenvalue weighted by Crippen LogP contribution is 2.41. The lowest BCUT2D eigenvalue weighted by molar-refractivity contribution is -0.384. The Morgan fingerprint density at radius 2 is 1.90 bits per heavy atom. The van der Waals surface area contributed by atoms with E-state index in [0.29, 0.717) is 18.9 Å². The molecule has 9 heteroatoms. The minimum absolute atomic E-state index is 0.0200. The zero-order valence-electron chi connectivity index (χ0n) is 16.2. The summed E-state index contributed by atoms with van der Waals surface area (Å²) in [6.07, 6.45) is 1.78. The van der Waals surface area contributed by atoms with Crippen LogP contribution < -0.4 is 4.90 Å². The lowest BCUT2D eigenvalue weighted by Gasteiger charge is -2.28. The molecule has 1 fully saturated rings. The zero-order valence-corrected chi connectivity index (χ0v) is 17.0. The molecule has 29 heavy (non-hydrogen) atoms. The molecule has 1 saturated heterocycles. The Hall–Kier alpha value is -2.49. The van der Waals surface area contributed by atoms with Crippen LogP contribution >= 0.6 is 0 Å². The van der Waals surface area contributed by atoms with Crippen molar-refractivity contribution in [1.29, 1.82) is 0 Å². The van der Waals surface area contributed by atoms with Crippen molar-refractivity contribution >= 4 is 21.4 Å². The Kier molecular flexibility index (Phi) is 5.28. The van der Waals surface area contributed by atoms with E-state index in [1.165, 1.54) is 22.0 Å². The number of hydrogen-bond acceptors (Lipinski definition) is 6. The molecule has 8 nitrogen and oxygen atoms in total. The van der Waals surface area contributed by atoms with Gasteiger partial charge in [-0.3, -0.25) is 10.1 Å². The second-order valence-electron chi connectivity index (χ2n) is 7.29. The maximum Gasteiger partial charge on any atom is 0.293 e. The summed E-state index contributed by atoms with van der Waals surface area (Å²) >= 11 is 0. The van der Waals surface area contributed by atoms with E-state index in [2.05, 4.69) is 6.07 Å². The standard InChI is InChI=1S/C20H23N3O5S/c1-21(18-8-6-15-4-2-3-5-17(15)18)19-9-7-16(14-20(19)23(24)25)29(26,27)22-10-12-28-13-11-22/h2-5,7,9,14,18H,6,8,10-13H2,1H3/t18-/m1/s1. The van der Waals surface area contributed by atoms with Crippen molar-refractivity contribution in [3.63, 3.8) is 0 Å². The lowest BCUT2D eigenvalue weighted by Crippen LogP contribution is -2.40. The van der Waals surface area contributed by atoms with Crippen molar-refractivity contribution in [2.24, 2.45) is 0 Å². The molecule has 154 valence electrons. The molecular formula is C20H23N3O5S. The van der Waals surface area contributed by atoms with Gasteiger partial charge >= 0.3 is 0 Å². The van der Waals surface area contributed by atoms with Gasteiger partial charge in [0.25, 0.3) is 5.69 Å².